The molecule has 25 heavy (non-hydrogen) atoms. The molecule has 3 heterocycles. The van der Waals surface area contributed by atoms with Crippen LogP contribution in [0.5, 0.6) is 0 Å². The summed E-state index contributed by atoms with van der Waals surface area (Å²) in [5.74, 6) is 1.10. The first-order valence-corrected chi connectivity index (χ1v) is 9.17. The molecule has 7 heteroatoms. The van der Waals surface area contributed by atoms with Gasteiger partial charge in [-0.05, 0) is 25.3 Å². The lowest BCUT2D eigenvalue weighted by Gasteiger charge is -2.22. The van der Waals surface area contributed by atoms with E-state index in [1.165, 1.54) is 11.3 Å². The highest BCUT2D eigenvalue weighted by atomic mass is 32.1. The predicted octanol–water partition coefficient (Wildman–Crippen LogP) is 3.41. The highest BCUT2D eigenvalue weighted by Crippen LogP contribution is 2.34. The van der Waals surface area contributed by atoms with E-state index < -0.39 is 0 Å². The number of hydrogen-bond acceptors (Lipinski definition) is 6. The fraction of sp³-hybridized carbons (Fsp3) is 0.333. The Labute approximate surface area is 149 Å². The van der Waals surface area contributed by atoms with Gasteiger partial charge in [0.15, 0.2) is 0 Å². The standard InChI is InChI=1S/C18H18N4O2S/c1-12-16(25-11-19-12)18-21-20-17(24-18)14-8-5-9-22(14)15(23)10-13-6-3-2-4-7-13/h2-4,6-7,11,14H,5,8-10H2,1H3/t14-/m0/s1. The molecular weight excluding hydrogens is 336 g/mol. The number of amides is 1. The van der Waals surface area contributed by atoms with E-state index in [1.807, 2.05) is 42.2 Å². The van der Waals surface area contributed by atoms with Crippen LogP contribution in [0.2, 0.25) is 0 Å². The Morgan fingerprint density at radius 1 is 1.32 bits per heavy atom. The highest BCUT2D eigenvalue weighted by Gasteiger charge is 2.34. The van der Waals surface area contributed by atoms with Crippen LogP contribution in [0.15, 0.2) is 40.3 Å². The van der Waals surface area contributed by atoms with Crippen molar-refractivity contribution in [3.8, 4) is 10.8 Å². The molecule has 0 unspecified atom stereocenters. The molecule has 128 valence electrons. The fourth-order valence-electron chi connectivity index (χ4n) is 3.16. The topological polar surface area (TPSA) is 72.1 Å². The summed E-state index contributed by atoms with van der Waals surface area (Å²) >= 11 is 1.48. The number of hydrogen-bond donors (Lipinski definition) is 0. The van der Waals surface area contributed by atoms with Gasteiger partial charge in [-0.25, -0.2) is 4.98 Å². The Hall–Kier alpha value is -2.54. The quantitative estimate of drug-likeness (QED) is 0.718. The molecule has 6 nitrogen and oxygen atoms in total. The van der Waals surface area contributed by atoms with E-state index in [0.717, 1.165) is 35.5 Å². The largest absolute Gasteiger partial charge is 0.418 e. The molecule has 0 N–H and O–H groups in total. The number of rotatable bonds is 4. The summed E-state index contributed by atoms with van der Waals surface area (Å²) in [4.78, 5) is 19.7. The van der Waals surface area contributed by atoms with Crippen LogP contribution in [0.1, 0.15) is 36.0 Å². The van der Waals surface area contributed by atoms with E-state index in [1.54, 1.807) is 5.51 Å². The first-order chi connectivity index (χ1) is 12.2. The van der Waals surface area contributed by atoms with Crippen LogP contribution < -0.4 is 0 Å². The number of aryl methyl sites for hydroxylation is 1. The summed E-state index contributed by atoms with van der Waals surface area (Å²) in [6, 6.07) is 9.66. The van der Waals surface area contributed by atoms with Crippen molar-refractivity contribution in [2.75, 3.05) is 6.54 Å². The van der Waals surface area contributed by atoms with Crippen molar-refractivity contribution >= 4 is 17.2 Å². The summed E-state index contributed by atoms with van der Waals surface area (Å²) in [6.07, 6.45) is 2.19. The zero-order valence-electron chi connectivity index (χ0n) is 13.9. The van der Waals surface area contributed by atoms with Gasteiger partial charge in [0, 0.05) is 6.54 Å². The maximum absolute atomic E-state index is 12.7. The molecule has 0 aliphatic carbocycles. The molecule has 2 aromatic heterocycles. The summed E-state index contributed by atoms with van der Waals surface area (Å²) in [5.41, 5.74) is 3.66. The fourth-order valence-corrected chi connectivity index (χ4v) is 3.88. The van der Waals surface area contributed by atoms with Gasteiger partial charge in [-0.15, -0.1) is 21.5 Å². The molecule has 0 spiro atoms. The molecule has 0 radical (unpaired) electrons. The number of likely N-dealkylation sites (tertiary alicyclic amines) is 1. The van der Waals surface area contributed by atoms with Crippen LogP contribution >= 0.6 is 11.3 Å². The van der Waals surface area contributed by atoms with Crippen molar-refractivity contribution in [2.24, 2.45) is 0 Å². The lowest BCUT2D eigenvalue weighted by molar-refractivity contribution is -0.131. The normalized spacial score (nSPS) is 17.2. The summed E-state index contributed by atoms with van der Waals surface area (Å²) in [7, 11) is 0. The lowest BCUT2D eigenvalue weighted by Crippen LogP contribution is -2.32. The van der Waals surface area contributed by atoms with Crippen molar-refractivity contribution in [3.05, 3.63) is 53.0 Å². The molecule has 1 aromatic carbocycles. The average Bonchev–Trinajstić information content (AvgIpc) is 3.35. The molecule has 1 fully saturated rings. The van der Waals surface area contributed by atoms with Crippen molar-refractivity contribution < 1.29 is 9.21 Å². The lowest BCUT2D eigenvalue weighted by atomic mass is 10.1. The third-order valence-corrected chi connectivity index (χ3v) is 5.35. The highest BCUT2D eigenvalue weighted by molar-refractivity contribution is 7.13. The van der Waals surface area contributed by atoms with E-state index in [4.69, 9.17) is 4.42 Å². The predicted molar refractivity (Wildman–Crippen MR) is 94.0 cm³/mol. The zero-order chi connectivity index (χ0) is 17.2. The molecule has 1 aliphatic rings. The number of carbonyl (C=O) groups excluding carboxylic acids is 1. The molecule has 1 aliphatic heterocycles. The molecule has 1 amide bonds. The van der Waals surface area contributed by atoms with Crippen molar-refractivity contribution in [1.29, 1.82) is 0 Å². The van der Waals surface area contributed by atoms with Crippen molar-refractivity contribution in [2.45, 2.75) is 32.2 Å². The molecular formula is C18H18N4O2S. The smallest absolute Gasteiger partial charge is 0.259 e. The van der Waals surface area contributed by atoms with E-state index in [-0.39, 0.29) is 11.9 Å². The van der Waals surface area contributed by atoms with Crippen LogP contribution in [0, 0.1) is 6.92 Å². The monoisotopic (exact) mass is 354 g/mol. The summed E-state index contributed by atoms with van der Waals surface area (Å²) in [6.45, 7) is 2.65. The van der Waals surface area contributed by atoms with Gasteiger partial charge in [-0.1, -0.05) is 30.3 Å². The van der Waals surface area contributed by atoms with E-state index in [0.29, 0.717) is 18.2 Å². The van der Waals surface area contributed by atoms with Crippen LogP contribution in [0.3, 0.4) is 0 Å². The number of benzene rings is 1. The first-order valence-electron chi connectivity index (χ1n) is 8.29. The van der Waals surface area contributed by atoms with E-state index in [9.17, 15) is 4.79 Å². The van der Waals surface area contributed by atoms with Gasteiger partial charge in [-0.2, -0.15) is 0 Å². The maximum atomic E-state index is 12.7. The molecule has 3 aromatic rings. The van der Waals surface area contributed by atoms with Gasteiger partial charge in [-0.3, -0.25) is 4.79 Å². The van der Waals surface area contributed by atoms with Crippen LogP contribution in [0.4, 0.5) is 0 Å². The number of aromatic nitrogens is 3. The number of nitrogens with zero attached hydrogens (tertiary/aromatic N) is 4. The Morgan fingerprint density at radius 2 is 2.16 bits per heavy atom. The van der Waals surface area contributed by atoms with Gasteiger partial charge < -0.3 is 9.32 Å². The van der Waals surface area contributed by atoms with Crippen LogP contribution in [-0.4, -0.2) is 32.5 Å². The maximum Gasteiger partial charge on any atom is 0.259 e. The van der Waals surface area contributed by atoms with E-state index in [2.05, 4.69) is 15.2 Å². The summed E-state index contributed by atoms with van der Waals surface area (Å²) < 4.78 is 5.88. The molecule has 4 rings (SSSR count). The minimum absolute atomic E-state index is 0.0995. The molecule has 1 saturated heterocycles. The molecule has 0 bridgehead atoms. The van der Waals surface area contributed by atoms with Crippen molar-refractivity contribution in [3.63, 3.8) is 0 Å². The van der Waals surface area contributed by atoms with Crippen molar-refractivity contribution in [1.82, 2.24) is 20.1 Å². The van der Waals surface area contributed by atoms with Gasteiger partial charge >= 0.3 is 0 Å². The first kappa shape index (κ1) is 16.0. The van der Waals surface area contributed by atoms with Gasteiger partial charge in [0.1, 0.15) is 10.9 Å². The molecule has 0 saturated carbocycles. The second-order valence-electron chi connectivity index (χ2n) is 6.12. The number of thiazole rings is 1. The van der Waals surface area contributed by atoms with Crippen LogP contribution in [0.25, 0.3) is 10.8 Å². The Balaban J connectivity index is 1.53. The van der Waals surface area contributed by atoms with Gasteiger partial charge in [0.05, 0.1) is 17.6 Å². The third-order valence-electron chi connectivity index (χ3n) is 4.44. The Bertz CT molecular complexity index is 874. The third kappa shape index (κ3) is 3.19. The minimum atomic E-state index is -0.134. The summed E-state index contributed by atoms with van der Waals surface area (Å²) in [5, 5.41) is 8.36. The minimum Gasteiger partial charge on any atom is -0.418 e. The SMILES string of the molecule is Cc1ncsc1-c1nnc([C@@H]2CCCN2C(=O)Cc2ccccc2)o1. The average molecular weight is 354 g/mol. The Morgan fingerprint density at radius 3 is 2.92 bits per heavy atom. The second kappa shape index (κ2) is 6.76. The molecule has 1 atom stereocenters. The van der Waals surface area contributed by atoms with Gasteiger partial charge in [0.2, 0.25) is 11.8 Å². The van der Waals surface area contributed by atoms with Crippen LogP contribution in [-0.2, 0) is 11.2 Å². The zero-order valence-corrected chi connectivity index (χ0v) is 14.7. The van der Waals surface area contributed by atoms with Gasteiger partial charge in [0.25, 0.3) is 5.89 Å². The Kier molecular flexibility index (Phi) is 4.31. The van der Waals surface area contributed by atoms with E-state index >= 15 is 0 Å². The number of carbonyl (C=O) groups is 1. The second-order valence-corrected chi connectivity index (χ2v) is 6.97.